The number of rotatable bonds is 3. The van der Waals surface area contributed by atoms with Crippen LogP contribution in [0, 0.1) is 0 Å². The molecule has 5 nitrogen and oxygen atoms in total. The van der Waals surface area contributed by atoms with Crippen molar-refractivity contribution in [1.82, 2.24) is 15.3 Å². The van der Waals surface area contributed by atoms with Crippen molar-refractivity contribution >= 4 is 16.9 Å². The normalized spacial score (nSPS) is 19.2. The second-order valence-electron chi connectivity index (χ2n) is 4.45. The van der Waals surface area contributed by atoms with Crippen molar-refractivity contribution in [3.05, 3.63) is 30.1 Å². The summed E-state index contributed by atoms with van der Waals surface area (Å²) in [6.45, 7) is 1.35. The number of H-pyrrole nitrogens is 1. The Labute approximate surface area is 105 Å². The predicted molar refractivity (Wildman–Crippen MR) is 67.4 cm³/mol. The first-order chi connectivity index (χ1) is 8.83. The zero-order valence-electron chi connectivity index (χ0n) is 9.98. The summed E-state index contributed by atoms with van der Waals surface area (Å²) in [5.41, 5.74) is 1.68. The number of aromatic nitrogens is 2. The first kappa shape index (κ1) is 11.2. The Morgan fingerprint density at radius 3 is 3.17 bits per heavy atom. The summed E-state index contributed by atoms with van der Waals surface area (Å²) in [5.74, 6) is 0.177. The second kappa shape index (κ2) is 4.78. The number of benzene rings is 1. The molecule has 0 spiro atoms. The lowest BCUT2D eigenvalue weighted by Gasteiger charge is -2.09. The quantitative estimate of drug-likeness (QED) is 0.860. The third-order valence-electron chi connectivity index (χ3n) is 3.12. The van der Waals surface area contributed by atoms with Gasteiger partial charge in [0.1, 0.15) is 0 Å². The molecule has 0 bridgehead atoms. The van der Waals surface area contributed by atoms with Crippen molar-refractivity contribution in [1.29, 1.82) is 0 Å². The lowest BCUT2D eigenvalue weighted by atomic mass is 10.2. The standard InChI is InChI=1S/C13H15N3O2/c17-13(14-8-9-4-3-7-18-9)12-15-10-5-1-2-6-11(10)16-12/h1-2,5-6,9H,3-4,7-8H2,(H,14,17)(H,15,16). The van der Waals surface area contributed by atoms with Crippen LogP contribution in [-0.2, 0) is 4.74 Å². The highest BCUT2D eigenvalue weighted by Gasteiger charge is 2.17. The van der Waals surface area contributed by atoms with Gasteiger partial charge in [-0.25, -0.2) is 4.98 Å². The van der Waals surface area contributed by atoms with Gasteiger partial charge in [0, 0.05) is 13.2 Å². The van der Waals surface area contributed by atoms with Crippen LogP contribution in [0.1, 0.15) is 23.5 Å². The molecule has 94 valence electrons. The average Bonchev–Trinajstić information content (AvgIpc) is 3.04. The summed E-state index contributed by atoms with van der Waals surface area (Å²) in [5, 5.41) is 2.84. The Morgan fingerprint density at radius 2 is 2.39 bits per heavy atom. The average molecular weight is 245 g/mol. The topological polar surface area (TPSA) is 67.0 Å². The number of para-hydroxylation sites is 2. The number of nitrogens with zero attached hydrogens (tertiary/aromatic N) is 1. The molecular weight excluding hydrogens is 230 g/mol. The number of fused-ring (bicyclic) bond motifs is 1. The van der Waals surface area contributed by atoms with Gasteiger partial charge in [-0.2, -0.15) is 0 Å². The van der Waals surface area contributed by atoms with E-state index < -0.39 is 0 Å². The van der Waals surface area contributed by atoms with Crippen molar-refractivity contribution in [3.63, 3.8) is 0 Å². The van der Waals surface area contributed by atoms with Gasteiger partial charge >= 0.3 is 0 Å². The molecule has 1 aromatic carbocycles. The fourth-order valence-corrected chi connectivity index (χ4v) is 2.16. The van der Waals surface area contributed by atoms with Gasteiger partial charge in [0.2, 0.25) is 0 Å². The number of hydrogen-bond donors (Lipinski definition) is 2. The van der Waals surface area contributed by atoms with Crippen LogP contribution in [0.3, 0.4) is 0 Å². The Balaban J connectivity index is 1.67. The Hall–Kier alpha value is -1.88. The molecule has 1 saturated heterocycles. The van der Waals surface area contributed by atoms with E-state index in [1.165, 1.54) is 0 Å². The molecule has 0 radical (unpaired) electrons. The Morgan fingerprint density at radius 1 is 1.50 bits per heavy atom. The van der Waals surface area contributed by atoms with Crippen molar-refractivity contribution in [3.8, 4) is 0 Å². The minimum absolute atomic E-state index is 0.151. The summed E-state index contributed by atoms with van der Waals surface area (Å²) < 4.78 is 5.45. The lowest BCUT2D eigenvalue weighted by molar-refractivity contribution is 0.0850. The molecule has 2 N–H and O–H groups in total. The SMILES string of the molecule is O=C(NCC1CCCO1)c1nc2ccccc2[nH]1. The van der Waals surface area contributed by atoms with Crippen LogP contribution in [0.15, 0.2) is 24.3 Å². The second-order valence-corrected chi connectivity index (χ2v) is 4.45. The molecular formula is C13H15N3O2. The van der Waals surface area contributed by atoms with E-state index in [-0.39, 0.29) is 12.0 Å². The fraction of sp³-hybridized carbons (Fsp3) is 0.385. The molecule has 18 heavy (non-hydrogen) atoms. The molecule has 1 unspecified atom stereocenters. The van der Waals surface area contributed by atoms with Gasteiger partial charge in [0.15, 0.2) is 5.82 Å². The first-order valence-corrected chi connectivity index (χ1v) is 6.17. The van der Waals surface area contributed by atoms with Crippen LogP contribution in [-0.4, -0.2) is 35.1 Å². The highest BCUT2D eigenvalue weighted by molar-refractivity contribution is 5.94. The molecule has 1 aromatic heterocycles. The summed E-state index contributed by atoms with van der Waals surface area (Å²) in [7, 11) is 0. The van der Waals surface area contributed by atoms with Gasteiger partial charge in [-0.1, -0.05) is 12.1 Å². The first-order valence-electron chi connectivity index (χ1n) is 6.17. The maximum absolute atomic E-state index is 11.9. The van der Waals surface area contributed by atoms with Crippen molar-refractivity contribution in [2.75, 3.05) is 13.2 Å². The number of aromatic amines is 1. The number of nitrogens with one attached hydrogen (secondary N) is 2. The molecule has 1 fully saturated rings. The third kappa shape index (κ3) is 2.22. The van der Waals surface area contributed by atoms with E-state index in [4.69, 9.17) is 4.74 Å². The van der Waals surface area contributed by atoms with Gasteiger partial charge in [0.25, 0.3) is 5.91 Å². The maximum Gasteiger partial charge on any atom is 0.287 e. The van der Waals surface area contributed by atoms with E-state index in [0.29, 0.717) is 12.4 Å². The molecule has 1 aliphatic heterocycles. The molecule has 1 atom stereocenters. The molecule has 1 aliphatic rings. The van der Waals surface area contributed by atoms with Gasteiger partial charge in [-0.3, -0.25) is 4.79 Å². The van der Waals surface area contributed by atoms with Gasteiger partial charge in [-0.15, -0.1) is 0 Å². The van der Waals surface area contributed by atoms with E-state index >= 15 is 0 Å². The number of ether oxygens (including phenoxy) is 1. The van der Waals surface area contributed by atoms with Gasteiger partial charge in [-0.05, 0) is 25.0 Å². The van der Waals surface area contributed by atoms with Crippen LogP contribution in [0.5, 0.6) is 0 Å². The van der Waals surface area contributed by atoms with E-state index in [9.17, 15) is 4.79 Å². The van der Waals surface area contributed by atoms with Gasteiger partial charge in [0.05, 0.1) is 17.1 Å². The fourth-order valence-electron chi connectivity index (χ4n) is 2.16. The molecule has 0 aliphatic carbocycles. The highest BCUT2D eigenvalue weighted by Crippen LogP contribution is 2.12. The van der Waals surface area contributed by atoms with E-state index in [2.05, 4.69) is 15.3 Å². The molecule has 2 aromatic rings. The maximum atomic E-state index is 11.9. The Bertz CT molecular complexity index is 525. The molecule has 5 heteroatoms. The highest BCUT2D eigenvalue weighted by atomic mass is 16.5. The van der Waals surface area contributed by atoms with Crippen molar-refractivity contribution < 1.29 is 9.53 Å². The predicted octanol–water partition coefficient (Wildman–Crippen LogP) is 1.47. The van der Waals surface area contributed by atoms with Crippen LogP contribution in [0.4, 0.5) is 0 Å². The lowest BCUT2D eigenvalue weighted by Crippen LogP contribution is -2.32. The number of carbonyl (C=O) groups excluding carboxylic acids is 1. The van der Waals surface area contributed by atoms with Gasteiger partial charge < -0.3 is 15.0 Å². The zero-order valence-corrected chi connectivity index (χ0v) is 9.98. The number of carbonyl (C=O) groups is 1. The van der Waals surface area contributed by atoms with E-state index in [1.54, 1.807) is 0 Å². The summed E-state index contributed by atoms with van der Waals surface area (Å²) >= 11 is 0. The summed E-state index contributed by atoms with van der Waals surface area (Å²) in [6, 6.07) is 7.59. The monoisotopic (exact) mass is 245 g/mol. The van der Waals surface area contributed by atoms with Crippen LogP contribution in [0.25, 0.3) is 11.0 Å². The zero-order chi connectivity index (χ0) is 12.4. The van der Waals surface area contributed by atoms with Crippen LogP contribution < -0.4 is 5.32 Å². The smallest absolute Gasteiger partial charge is 0.287 e. The number of hydrogen-bond acceptors (Lipinski definition) is 3. The molecule has 2 heterocycles. The van der Waals surface area contributed by atoms with Crippen molar-refractivity contribution in [2.24, 2.45) is 0 Å². The minimum Gasteiger partial charge on any atom is -0.376 e. The van der Waals surface area contributed by atoms with Crippen LogP contribution in [0.2, 0.25) is 0 Å². The van der Waals surface area contributed by atoms with E-state index in [1.807, 2.05) is 24.3 Å². The van der Waals surface area contributed by atoms with Crippen LogP contribution >= 0.6 is 0 Å². The number of amides is 1. The largest absolute Gasteiger partial charge is 0.376 e. The third-order valence-corrected chi connectivity index (χ3v) is 3.12. The minimum atomic E-state index is -0.179. The molecule has 0 saturated carbocycles. The van der Waals surface area contributed by atoms with Crippen molar-refractivity contribution in [2.45, 2.75) is 18.9 Å². The Kier molecular flexibility index (Phi) is 2.98. The molecule has 3 rings (SSSR count). The number of imidazole rings is 1. The summed E-state index contributed by atoms with van der Waals surface area (Å²) in [6.07, 6.45) is 2.24. The molecule has 1 amide bonds. The van der Waals surface area contributed by atoms with E-state index in [0.717, 1.165) is 30.5 Å². The summed E-state index contributed by atoms with van der Waals surface area (Å²) in [4.78, 5) is 19.2.